The van der Waals surface area contributed by atoms with Crippen molar-refractivity contribution in [3.05, 3.63) is 71.7 Å². The lowest BCUT2D eigenvalue weighted by molar-refractivity contribution is 0.627. The highest BCUT2D eigenvalue weighted by molar-refractivity contribution is 5.89. The average molecular weight is 252 g/mol. The van der Waals surface area contributed by atoms with Gasteiger partial charge >= 0.3 is 0 Å². The van der Waals surface area contributed by atoms with Crippen molar-refractivity contribution in [2.24, 2.45) is 0 Å². The Morgan fingerprint density at radius 3 is 2.53 bits per heavy atom. The van der Waals surface area contributed by atoms with E-state index in [2.05, 4.69) is 4.98 Å². The van der Waals surface area contributed by atoms with Crippen LogP contribution in [0.2, 0.25) is 0 Å². The molecule has 0 amide bonds. The molecule has 1 aromatic heterocycles. The maximum atomic E-state index is 12.9. The molecule has 3 rings (SSSR count). The smallest absolute Gasteiger partial charge is 0.123 e. The minimum Gasteiger partial charge on any atom is -0.397 e. The molecule has 0 unspecified atom stereocenters. The zero-order chi connectivity index (χ0) is 13.2. The topological polar surface area (TPSA) is 38.9 Å². The number of para-hydroxylation sites is 1. The third-order valence-electron chi connectivity index (χ3n) is 3.11. The van der Waals surface area contributed by atoms with Crippen LogP contribution in [0.15, 0.2) is 54.6 Å². The van der Waals surface area contributed by atoms with Crippen LogP contribution in [0.4, 0.5) is 10.1 Å². The Kier molecular flexibility index (Phi) is 2.88. The number of fused-ring (bicyclic) bond motifs is 1. The molecule has 0 saturated carbocycles. The Hall–Kier alpha value is -2.42. The second kappa shape index (κ2) is 4.69. The molecule has 0 radical (unpaired) electrons. The highest BCUT2D eigenvalue weighted by Crippen LogP contribution is 2.20. The van der Waals surface area contributed by atoms with Gasteiger partial charge in [-0.25, -0.2) is 4.39 Å². The first-order chi connectivity index (χ1) is 9.22. The third kappa shape index (κ3) is 2.40. The van der Waals surface area contributed by atoms with Crippen molar-refractivity contribution < 1.29 is 4.39 Å². The van der Waals surface area contributed by atoms with Crippen LogP contribution in [-0.2, 0) is 6.42 Å². The number of hydrogen-bond acceptors (Lipinski definition) is 2. The van der Waals surface area contributed by atoms with Crippen LogP contribution in [-0.4, -0.2) is 4.98 Å². The largest absolute Gasteiger partial charge is 0.397 e. The Morgan fingerprint density at radius 2 is 1.74 bits per heavy atom. The molecule has 0 atom stereocenters. The van der Waals surface area contributed by atoms with Crippen molar-refractivity contribution in [1.82, 2.24) is 4.98 Å². The van der Waals surface area contributed by atoms with Gasteiger partial charge in [0.2, 0.25) is 0 Å². The molecule has 2 aromatic carbocycles. The maximum Gasteiger partial charge on any atom is 0.123 e. The molecular weight excluding hydrogens is 239 g/mol. The summed E-state index contributed by atoms with van der Waals surface area (Å²) in [5, 5.41) is 1.03. The summed E-state index contributed by atoms with van der Waals surface area (Å²) in [5.74, 6) is -0.223. The summed E-state index contributed by atoms with van der Waals surface area (Å²) >= 11 is 0. The van der Waals surface area contributed by atoms with Gasteiger partial charge in [0.1, 0.15) is 5.82 Å². The summed E-state index contributed by atoms with van der Waals surface area (Å²) in [6, 6.07) is 16.2. The van der Waals surface area contributed by atoms with E-state index in [1.807, 2.05) is 30.3 Å². The van der Waals surface area contributed by atoms with E-state index in [0.29, 0.717) is 12.1 Å². The standard InChI is InChI=1S/C16H13FN2/c17-13-7-4-11(5-8-13)10-14-9-6-12-2-1-3-15(18)16(12)19-14/h1-9H,10,18H2. The zero-order valence-corrected chi connectivity index (χ0v) is 10.3. The first-order valence-corrected chi connectivity index (χ1v) is 6.11. The van der Waals surface area contributed by atoms with Crippen molar-refractivity contribution in [2.45, 2.75) is 6.42 Å². The summed E-state index contributed by atoms with van der Waals surface area (Å²) in [6.45, 7) is 0. The normalized spacial score (nSPS) is 10.8. The van der Waals surface area contributed by atoms with Crippen molar-refractivity contribution in [3.63, 3.8) is 0 Å². The lowest BCUT2D eigenvalue weighted by Gasteiger charge is -2.05. The molecule has 3 aromatic rings. The van der Waals surface area contributed by atoms with Gasteiger partial charge in [0.15, 0.2) is 0 Å². The molecule has 19 heavy (non-hydrogen) atoms. The lowest BCUT2D eigenvalue weighted by Crippen LogP contribution is -1.95. The van der Waals surface area contributed by atoms with Gasteiger partial charge in [0, 0.05) is 17.5 Å². The SMILES string of the molecule is Nc1cccc2ccc(Cc3ccc(F)cc3)nc12. The van der Waals surface area contributed by atoms with E-state index in [1.54, 1.807) is 12.1 Å². The van der Waals surface area contributed by atoms with Crippen LogP contribution in [0.1, 0.15) is 11.3 Å². The molecule has 2 N–H and O–H groups in total. The lowest BCUT2D eigenvalue weighted by atomic mass is 10.1. The van der Waals surface area contributed by atoms with Gasteiger partial charge in [-0.05, 0) is 29.8 Å². The van der Waals surface area contributed by atoms with Crippen molar-refractivity contribution in [3.8, 4) is 0 Å². The number of rotatable bonds is 2. The summed E-state index contributed by atoms with van der Waals surface area (Å²) in [5.41, 5.74) is 9.38. The van der Waals surface area contributed by atoms with Crippen LogP contribution < -0.4 is 5.73 Å². The zero-order valence-electron chi connectivity index (χ0n) is 10.3. The number of nitrogens with zero attached hydrogens (tertiary/aromatic N) is 1. The van der Waals surface area contributed by atoms with Gasteiger partial charge in [0.25, 0.3) is 0 Å². The highest BCUT2D eigenvalue weighted by Gasteiger charge is 2.03. The number of nitrogen functional groups attached to an aromatic ring is 1. The minimum absolute atomic E-state index is 0.223. The molecule has 0 aliphatic carbocycles. The molecule has 0 saturated heterocycles. The fourth-order valence-corrected chi connectivity index (χ4v) is 2.12. The Balaban J connectivity index is 1.97. The Bertz CT molecular complexity index is 720. The van der Waals surface area contributed by atoms with Crippen LogP contribution >= 0.6 is 0 Å². The number of hydrogen-bond donors (Lipinski definition) is 1. The molecule has 3 heteroatoms. The predicted molar refractivity (Wildman–Crippen MR) is 75.4 cm³/mol. The van der Waals surface area contributed by atoms with Crippen LogP contribution in [0.5, 0.6) is 0 Å². The first-order valence-electron chi connectivity index (χ1n) is 6.11. The fourth-order valence-electron chi connectivity index (χ4n) is 2.12. The number of nitrogens with two attached hydrogens (primary N) is 1. The van der Waals surface area contributed by atoms with E-state index in [1.165, 1.54) is 12.1 Å². The van der Waals surface area contributed by atoms with E-state index in [9.17, 15) is 4.39 Å². The van der Waals surface area contributed by atoms with Crippen LogP contribution in [0, 0.1) is 5.82 Å². The van der Waals surface area contributed by atoms with Crippen molar-refractivity contribution in [1.29, 1.82) is 0 Å². The van der Waals surface area contributed by atoms with E-state index in [0.717, 1.165) is 22.2 Å². The van der Waals surface area contributed by atoms with Crippen LogP contribution in [0.3, 0.4) is 0 Å². The molecular formula is C16H13FN2. The summed E-state index contributed by atoms with van der Waals surface area (Å²) in [6.07, 6.45) is 0.671. The van der Waals surface area contributed by atoms with E-state index >= 15 is 0 Å². The van der Waals surface area contributed by atoms with Gasteiger partial charge in [-0.1, -0.05) is 30.3 Å². The van der Waals surface area contributed by atoms with Crippen molar-refractivity contribution >= 4 is 16.6 Å². The van der Waals surface area contributed by atoms with E-state index in [4.69, 9.17) is 5.73 Å². The number of anilines is 1. The van der Waals surface area contributed by atoms with Crippen LogP contribution in [0.25, 0.3) is 10.9 Å². The molecule has 94 valence electrons. The maximum absolute atomic E-state index is 12.9. The number of aromatic nitrogens is 1. The van der Waals surface area contributed by atoms with E-state index < -0.39 is 0 Å². The van der Waals surface area contributed by atoms with Gasteiger partial charge < -0.3 is 5.73 Å². The number of pyridine rings is 1. The summed E-state index contributed by atoms with van der Waals surface area (Å²) in [7, 11) is 0. The molecule has 0 bridgehead atoms. The van der Waals surface area contributed by atoms with Crippen molar-refractivity contribution in [2.75, 3.05) is 5.73 Å². The molecule has 2 nitrogen and oxygen atoms in total. The second-order valence-corrected chi connectivity index (χ2v) is 4.52. The average Bonchev–Trinajstić information content (AvgIpc) is 2.42. The quantitative estimate of drug-likeness (QED) is 0.708. The molecule has 0 fully saturated rings. The van der Waals surface area contributed by atoms with Gasteiger partial charge in [-0.2, -0.15) is 0 Å². The number of halogens is 1. The highest BCUT2D eigenvalue weighted by atomic mass is 19.1. The fraction of sp³-hybridized carbons (Fsp3) is 0.0625. The Labute approximate surface area is 110 Å². The predicted octanol–water partition coefficient (Wildman–Crippen LogP) is 3.55. The molecule has 0 aliphatic rings. The monoisotopic (exact) mass is 252 g/mol. The summed E-state index contributed by atoms with van der Waals surface area (Å²) < 4.78 is 12.9. The van der Waals surface area contributed by atoms with Gasteiger partial charge in [-0.3, -0.25) is 4.98 Å². The van der Waals surface area contributed by atoms with Gasteiger partial charge in [0.05, 0.1) is 11.2 Å². The van der Waals surface area contributed by atoms with Gasteiger partial charge in [-0.15, -0.1) is 0 Å². The molecule has 1 heterocycles. The molecule has 0 aliphatic heterocycles. The Morgan fingerprint density at radius 1 is 0.947 bits per heavy atom. The summed E-state index contributed by atoms with van der Waals surface area (Å²) in [4.78, 5) is 4.57. The number of benzene rings is 2. The first kappa shape index (κ1) is 11.7. The van der Waals surface area contributed by atoms with E-state index in [-0.39, 0.29) is 5.82 Å². The molecule has 0 spiro atoms. The third-order valence-corrected chi connectivity index (χ3v) is 3.11. The minimum atomic E-state index is -0.223. The second-order valence-electron chi connectivity index (χ2n) is 4.52.